The van der Waals surface area contributed by atoms with E-state index in [2.05, 4.69) is 5.32 Å². The molecule has 0 aliphatic heterocycles. The summed E-state index contributed by atoms with van der Waals surface area (Å²) >= 11 is 0. The summed E-state index contributed by atoms with van der Waals surface area (Å²) in [6, 6.07) is 0. The van der Waals surface area contributed by atoms with Gasteiger partial charge < -0.3 is 5.11 Å². The van der Waals surface area contributed by atoms with Crippen molar-refractivity contribution in [3.8, 4) is 0 Å². The third kappa shape index (κ3) is 7.87. The smallest absolute Gasteiger partial charge is 0.147 e. The minimum absolute atomic E-state index is 0.0935. The number of nitrogens with one attached hydrogen (secondary N) is 1. The predicted octanol–water partition coefficient (Wildman–Crippen LogP) is -1.04. The lowest BCUT2D eigenvalue weighted by molar-refractivity contribution is 0.261. The molecule has 0 aromatic carbocycles. The molecule has 0 fully saturated rings. The highest BCUT2D eigenvalue weighted by Gasteiger charge is 1.99. The largest absolute Gasteiger partial charge is 0.381 e. The predicted molar refractivity (Wildman–Crippen MR) is 39.4 cm³/mol. The first kappa shape index (κ1) is 9.87. The maximum atomic E-state index is 10.5. The molecule has 0 radical (unpaired) electrons. The molecule has 0 aromatic rings. The van der Waals surface area contributed by atoms with E-state index in [4.69, 9.17) is 5.11 Å². The van der Waals surface area contributed by atoms with Gasteiger partial charge in [0.2, 0.25) is 0 Å². The van der Waals surface area contributed by atoms with Crippen LogP contribution in [-0.4, -0.2) is 38.8 Å². The molecular weight excluding hydrogens is 154 g/mol. The van der Waals surface area contributed by atoms with Gasteiger partial charge in [-0.3, -0.25) is 5.32 Å². The van der Waals surface area contributed by atoms with Crippen LogP contribution in [0.4, 0.5) is 0 Å². The van der Waals surface area contributed by atoms with Gasteiger partial charge in [0.25, 0.3) is 0 Å². The first-order valence-corrected chi connectivity index (χ1v) is 5.11. The zero-order valence-electron chi connectivity index (χ0n) is 6.00. The minimum atomic E-state index is -2.83. The summed E-state index contributed by atoms with van der Waals surface area (Å²) < 4.78 is 21.0. The van der Waals surface area contributed by atoms with Crippen molar-refractivity contribution in [3.63, 3.8) is 0 Å². The SMILES string of the molecule is CS(=O)(=O)CCCNCO. The van der Waals surface area contributed by atoms with Gasteiger partial charge in [0.05, 0.1) is 12.5 Å². The summed E-state index contributed by atoms with van der Waals surface area (Å²) in [5, 5.41) is 10.8. The van der Waals surface area contributed by atoms with E-state index < -0.39 is 9.84 Å². The fourth-order valence-corrected chi connectivity index (χ4v) is 1.21. The zero-order chi connectivity index (χ0) is 8.04. The van der Waals surface area contributed by atoms with Gasteiger partial charge in [-0.2, -0.15) is 0 Å². The molecule has 0 unspecified atom stereocenters. The fraction of sp³-hybridized carbons (Fsp3) is 1.00. The van der Waals surface area contributed by atoms with E-state index in [0.717, 1.165) is 0 Å². The molecule has 62 valence electrons. The second kappa shape index (κ2) is 4.65. The summed E-state index contributed by atoms with van der Waals surface area (Å²) in [7, 11) is -2.83. The normalized spacial score (nSPS) is 11.8. The molecular formula is C5H13NO3S. The van der Waals surface area contributed by atoms with Crippen LogP contribution in [0.15, 0.2) is 0 Å². The van der Waals surface area contributed by atoms with Crippen molar-refractivity contribution in [3.05, 3.63) is 0 Å². The average Bonchev–Trinajstić information content (AvgIpc) is 1.78. The minimum Gasteiger partial charge on any atom is -0.381 e. The molecule has 0 atom stereocenters. The molecule has 0 aliphatic rings. The number of aliphatic hydroxyl groups excluding tert-OH is 1. The van der Waals surface area contributed by atoms with Crippen LogP contribution in [0.3, 0.4) is 0 Å². The Hall–Kier alpha value is -0.130. The van der Waals surface area contributed by atoms with E-state index in [1.54, 1.807) is 0 Å². The van der Waals surface area contributed by atoms with Gasteiger partial charge in [-0.05, 0) is 13.0 Å². The van der Waals surface area contributed by atoms with E-state index in [1.165, 1.54) is 6.26 Å². The lowest BCUT2D eigenvalue weighted by Crippen LogP contribution is -2.18. The molecule has 2 N–H and O–H groups in total. The van der Waals surface area contributed by atoms with Gasteiger partial charge >= 0.3 is 0 Å². The highest BCUT2D eigenvalue weighted by atomic mass is 32.2. The van der Waals surface area contributed by atoms with E-state index >= 15 is 0 Å². The van der Waals surface area contributed by atoms with Crippen molar-refractivity contribution in [2.24, 2.45) is 0 Å². The lowest BCUT2D eigenvalue weighted by Gasteiger charge is -1.98. The molecule has 4 nitrogen and oxygen atoms in total. The van der Waals surface area contributed by atoms with Gasteiger partial charge in [0, 0.05) is 6.26 Å². The third-order valence-corrected chi connectivity index (χ3v) is 2.01. The maximum Gasteiger partial charge on any atom is 0.147 e. The third-order valence-electron chi connectivity index (χ3n) is 0.980. The van der Waals surface area contributed by atoms with Crippen molar-refractivity contribution in [1.82, 2.24) is 5.32 Å². The standard InChI is InChI=1S/C5H13NO3S/c1-10(8,9)4-2-3-6-5-7/h6-7H,2-5H2,1H3. The molecule has 0 rings (SSSR count). The van der Waals surface area contributed by atoms with Crippen LogP contribution in [0.2, 0.25) is 0 Å². The summed E-state index contributed by atoms with van der Waals surface area (Å²) in [4.78, 5) is 0. The van der Waals surface area contributed by atoms with Crippen LogP contribution in [0, 0.1) is 0 Å². The summed E-state index contributed by atoms with van der Waals surface area (Å²) in [6.45, 7) is 0.452. The number of rotatable bonds is 5. The van der Waals surface area contributed by atoms with Gasteiger partial charge in [-0.15, -0.1) is 0 Å². The Bertz CT molecular complexity index is 164. The number of sulfone groups is 1. The topological polar surface area (TPSA) is 66.4 Å². The Balaban J connectivity index is 3.21. The molecule has 0 heterocycles. The van der Waals surface area contributed by atoms with Gasteiger partial charge in [0.1, 0.15) is 9.84 Å². The maximum absolute atomic E-state index is 10.5. The Labute approximate surface area is 61.2 Å². The van der Waals surface area contributed by atoms with E-state index in [0.29, 0.717) is 13.0 Å². The van der Waals surface area contributed by atoms with Gasteiger partial charge in [0.15, 0.2) is 0 Å². The zero-order valence-corrected chi connectivity index (χ0v) is 6.82. The quantitative estimate of drug-likeness (QED) is 0.405. The fourth-order valence-electron chi connectivity index (χ4n) is 0.538. The van der Waals surface area contributed by atoms with E-state index in [1.807, 2.05) is 0 Å². The first-order valence-electron chi connectivity index (χ1n) is 3.05. The Morgan fingerprint density at radius 1 is 1.50 bits per heavy atom. The molecule has 0 spiro atoms. The van der Waals surface area contributed by atoms with E-state index in [9.17, 15) is 8.42 Å². The van der Waals surface area contributed by atoms with Gasteiger partial charge in [-0.25, -0.2) is 8.42 Å². The molecule has 5 heteroatoms. The van der Waals surface area contributed by atoms with Crippen molar-refractivity contribution < 1.29 is 13.5 Å². The van der Waals surface area contributed by atoms with Crippen LogP contribution in [-0.2, 0) is 9.84 Å². The van der Waals surface area contributed by atoms with E-state index in [-0.39, 0.29) is 12.5 Å². The van der Waals surface area contributed by atoms with Crippen LogP contribution >= 0.6 is 0 Å². The first-order chi connectivity index (χ1) is 4.56. The van der Waals surface area contributed by atoms with Crippen molar-refractivity contribution in [1.29, 1.82) is 0 Å². The highest BCUT2D eigenvalue weighted by molar-refractivity contribution is 7.90. The monoisotopic (exact) mass is 167 g/mol. The summed E-state index contributed by atoms with van der Waals surface area (Å²) in [5.41, 5.74) is 0. The Kier molecular flexibility index (Phi) is 4.59. The second-order valence-corrected chi connectivity index (χ2v) is 4.40. The van der Waals surface area contributed by atoms with Crippen LogP contribution in [0.25, 0.3) is 0 Å². The highest BCUT2D eigenvalue weighted by Crippen LogP contribution is 1.85. The van der Waals surface area contributed by atoms with Crippen molar-refractivity contribution in [2.45, 2.75) is 6.42 Å². The van der Waals surface area contributed by atoms with Crippen LogP contribution in [0.5, 0.6) is 0 Å². The Morgan fingerprint density at radius 2 is 2.10 bits per heavy atom. The van der Waals surface area contributed by atoms with Crippen molar-refractivity contribution >= 4 is 9.84 Å². The second-order valence-electron chi connectivity index (χ2n) is 2.14. The number of hydrogen-bond donors (Lipinski definition) is 2. The molecule has 0 bridgehead atoms. The summed E-state index contributed by atoms with van der Waals surface area (Å²) in [6.07, 6.45) is 1.76. The average molecular weight is 167 g/mol. The Morgan fingerprint density at radius 3 is 2.50 bits per heavy atom. The molecule has 0 aliphatic carbocycles. The van der Waals surface area contributed by atoms with Crippen LogP contribution < -0.4 is 5.32 Å². The number of aliphatic hydroxyl groups is 1. The lowest BCUT2D eigenvalue weighted by atomic mass is 10.5. The van der Waals surface area contributed by atoms with Crippen LogP contribution in [0.1, 0.15) is 6.42 Å². The molecule has 10 heavy (non-hydrogen) atoms. The number of hydrogen-bond acceptors (Lipinski definition) is 4. The molecule has 0 saturated heterocycles. The van der Waals surface area contributed by atoms with Gasteiger partial charge in [-0.1, -0.05) is 0 Å². The van der Waals surface area contributed by atoms with Crippen molar-refractivity contribution in [2.75, 3.05) is 25.3 Å². The molecule has 0 saturated carbocycles. The summed E-state index contributed by atoms with van der Waals surface area (Å²) in [5.74, 6) is 0.181. The molecule has 0 amide bonds. The molecule has 0 aromatic heterocycles.